The van der Waals surface area contributed by atoms with Crippen molar-refractivity contribution >= 4 is 17.7 Å². The molecule has 3 rings (SSSR count). The Hall–Kier alpha value is -3.02. The molecule has 6 heteroatoms. The molecule has 0 atom stereocenters. The number of nitrogens with zero attached hydrogens (tertiary/aromatic N) is 1. The van der Waals surface area contributed by atoms with Crippen LogP contribution in [0.3, 0.4) is 0 Å². The van der Waals surface area contributed by atoms with E-state index in [9.17, 15) is 18.8 Å². The van der Waals surface area contributed by atoms with Gasteiger partial charge in [-0.2, -0.15) is 0 Å². The van der Waals surface area contributed by atoms with Gasteiger partial charge in [0.15, 0.2) is 12.4 Å². The standard InChI is InChI=1S/C24H26FNO4/c1-26(15-20-8-4-5-9-21(20)25)23(28)16-30-24(29)13-12-22(27)19-11-10-17-6-2-3-7-18(17)14-19/h4-5,8-11,14H,2-3,6-7,12-13,15-16H2,1H3. The number of amides is 1. The number of likely N-dealkylation sites (N-methyl/N-ethyl adjacent to an activating group) is 1. The molecule has 0 aromatic heterocycles. The summed E-state index contributed by atoms with van der Waals surface area (Å²) >= 11 is 0. The molecule has 1 amide bonds. The number of ketones is 1. The fraction of sp³-hybridized carbons (Fsp3) is 0.375. The molecule has 0 radical (unpaired) electrons. The quantitative estimate of drug-likeness (QED) is 0.489. The van der Waals surface area contributed by atoms with Gasteiger partial charge in [0.2, 0.25) is 0 Å². The van der Waals surface area contributed by atoms with E-state index < -0.39 is 24.3 Å². The first-order valence-electron chi connectivity index (χ1n) is 10.2. The molecule has 0 saturated heterocycles. The topological polar surface area (TPSA) is 63.7 Å². The second-order valence-corrected chi connectivity index (χ2v) is 7.62. The second kappa shape index (κ2) is 10.1. The number of halogens is 1. The molecule has 0 bridgehead atoms. The van der Waals surface area contributed by atoms with E-state index in [-0.39, 0.29) is 25.2 Å². The predicted molar refractivity (Wildman–Crippen MR) is 110 cm³/mol. The van der Waals surface area contributed by atoms with Crippen molar-refractivity contribution in [2.75, 3.05) is 13.7 Å². The number of carbonyl (C=O) groups excluding carboxylic acids is 3. The van der Waals surface area contributed by atoms with Crippen LogP contribution in [0.5, 0.6) is 0 Å². The van der Waals surface area contributed by atoms with Crippen molar-refractivity contribution in [3.63, 3.8) is 0 Å². The Morgan fingerprint density at radius 1 is 1.00 bits per heavy atom. The molecule has 0 spiro atoms. The molecule has 5 nitrogen and oxygen atoms in total. The molecule has 0 N–H and O–H groups in total. The highest BCUT2D eigenvalue weighted by atomic mass is 19.1. The lowest BCUT2D eigenvalue weighted by atomic mass is 9.89. The van der Waals surface area contributed by atoms with Crippen LogP contribution in [0.25, 0.3) is 0 Å². The van der Waals surface area contributed by atoms with Gasteiger partial charge in [0.05, 0.1) is 6.42 Å². The molecular formula is C24H26FNO4. The van der Waals surface area contributed by atoms with Crippen molar-refractivity contribution in [1.29, 1.82) is 0 Å². The minimum Gasteiger partial charge on any atom is -0.456 e. The number of esters is 1. The predicted octanol–water partition coefficient (Wildman–Crippen LogP) is 3.87. The Kier molecular flexibility index (Phi) is 7.33. The molecule has 0 saturated carbocycles. The first-order chi connectivity index (χ1) is 14.4. The molecule has 0 unspecified atom stereocenters. The van der Waals surface area contributed by atoms with Crippen LogP contribution in [-0.4, -0.2) is 36.2 Å². The maximum Gasteiger partial charge on any atom is 0.306 e. The fourth-order valence-electron chi connectivity index (χ4n) is 3.56. The largest absolute Gasteiger partial charge is 0.456 e. The van der Waals surface area contributed by atoms with E-state index in [0.29, 0.717) is 11.1 Å². The van der Waals surface area contributed by atoms with Crippen molar-refractivity contribution in [2.24, 2.45) is 0 Å². The zero-order valence-electron chi connectivity index (χ0n) is 17.2. The van der Waals surface area contributed by atoms with Gasteiger partial charge < -0.3 is 9.64 Å². The summed E-state index contributed by atoms with van der Waals surface area (Å²) in [5.41, 5.74) is 3.52. The van der Waals surface area contributed by atoms with Gasteiger partial charge in [-0.3, -0.25) is 14.4 Å². The van der Waals surface area contributed by atoms with Crippen molar-refractivity contribution < 1.29 is 23.5 Å². The van der Waals surface area contributed by atoms with Crippen molar-refractivity contribution in [1.82, 2.24) is 4.90 Å². The van der Waals surface area contributed by atoms with Gasteiger partial charge in [0.1, 0.15) is 5.82 Å². The Bertz CT molecular complexity index is 941. The molecule has 2 aromatic carbocycles. The van der Waals surface area contributed by atoms with Crippen LogP contribution in [0, 0.1) is 5.82 Å². The summed E-state index contributed by atoms with van der Waals surface area (Å²) in [5, 5.41) is 0. The van der Waals surface area contributed by atoms with Crippen molar-refractivity contribution in [3.8, 4) is 0 Å². The first kappa shape index (κ1) is 21.7. The molecule has 1 aliphatic rings. The summed E-state index contributed by atoms with van der Waals surface area (Å²) < 4.78 is 18.7. The van der Waals surface area contributed by atoms with E-state index in [0.717, 1.165) is 19.3 Å². The first-order valence-corrected chi connectivity index (χ1v) is 10.2. The number of hydrogen-bond acceptors (Lipinski definition) is 4. The summed E-state index contributed by atoms with van der Waals surface area (Å²) in [5.74, 6) is -1.54. The summed E-state index contributed by atoms with van der Waals surface area (Å²) in [6.07, 6.45) is 4.31. The van der Waals surface area contributed by atoms with Gasteiger partial charge in [-0.1, -0.05) is 30.3 Å². The van der Waals surface area contributed by atoms with Gasteiger partial charge in [-0.05, 0) is 48.9 Å². The van der Waals surface area contributed by atoms with E-state index in [1.807, 2.05) is 18.2 Å². The van der Waals surface area contributed by atoms with Crippen LogP contribution in [0.1, 0.15) is 52.7 Å². The zero-order chi connectivity index (χ0) is 21.5. The number of Topliss-reactive ketones (excluding diaryl/α,β-unsaturated/α-hetero) is 1. The number of rotatable bonds is 8. The van der Waals surface area contributed by atoms with E-state index in [1.165, 1.54) is 35.6 Å². The van der Waals surface area contributed by atoms with Gasteiger partial charge in [-0.15, -0.1) is 0 Å². The fourth-order valence-corrected chi connectivity index (χ4v) is 3.56. The minimum absolute atomic E-state index is 0.0386. The smallest absolute Gasteiger partial charge is 0.306 e. The average molecular weight is 411 g/mol. The molecular weight excluding hydrogens is 385 g/mol. The number of hydrogen-bond donors (Lipinski definition) is 0. The highest BCUT2D eigenvalue weighted by Gasteiger charge is 2.17. The van der Waals surface area contributed by atoms with Crippen molar-refractivity contribution in [2.45, 2.75) is 45.1 Å². The summed E-state index contributed by atoms with van der Waals surface area (Å²) in [6, 6.07) is 11.9. The molecule has 158 valence electrons. The lowest BCUT2D eigenvalue weighted by molar-refractivity contribution is -0.151. The third-order valence-corrected chi connectivity index (χ3v) is 5.37. The SMILES string of the molecule is CN(Cc1ccccc1F)C(=O)COC(=O)CCC(=O)c1ccc2c(c1)CCCC2. The minimum atomic E-state index is -0.603. The maximum absolute atomic E-state index is 13.7. The van der Waals surface area contributed by atoms with E-state index in [2.05, 4.69) is 0 Å². The molecule has 2 aromatic rings. The Morgan fingerprint density at radius 3 is 2.50 bits per heavy atom. The van der Waals surface area contributed by atoms with E-state index in [1.54, 1.807) is 18.2 Å². The highest BCUT2D eigenvalue weighted by Crippen LogP contribution is 2.23. The molecule has 1 aliphatic carbocycles. The van der Waals surface area contributed by atoms with Crippen molar-refractivity contribution in [3.05, 3.63) is 70.5 Å². The number of ether oxygens (including phenoxy) is 1. The number of aryl methyl sites for hydroxylation is 2. The van der Waals surface area contributed by atoms with E-state index in [4.69, 9.17) is 4.74 Å². The monoisotopic (exact) mass is 411 g/mol. The molecule has 30 heavy (non-hydrogen) atoms. The van der Waals surface area contributed by atoms with Gasteiger partial charge in [-0.25, -0.2) is 4.39 Å². The Morgan fingerprint density at radius 2 is 1.73 bits per heavy atom. The lowest BCUT2D eigenvalue weighted by Crippen LogP contribution is -2.31. The molecule has 0 aliphatic heterocycles. The third kappa shape index (κ3) is 5.75. The summed E-state index contributed by atoms with van der Waals surface area (Å²) in [6.45, 7) is -0.351. The highest BCUT2D eigenvalue weighted by molar-refractivity contribution is 5.97. The summed E-state index contributed by atoms with van der Waals surface area (Å²) in [7, 11) is 1.52. The number of fused-ring (bicyclic) bond motifs is 1. The third-order valence-electron chi connectivity index (χ3n) is 5.37. The van der Waals surface area contributed by atoms with Crippen LogP contribution in [0.4, 0.5) is 4.39 Å². The normalized spacial score (nSPS) is 12.7. The number of carbonyl (C=O) groups is 3. The van der Waals surface area contributed by atoms with Crippen LogP contribution in [0.2, 0.25) is 0 Å². The number of benzene rings is 2. The van der Waals surface area contributed by atoms with Crippen LogP contribution in [-0.2, 0) is 33.7 Å². The van der Waals surface area contributed by atoms with Crippen LogP contribution in [0.15, 0.2) is 42.5 Å². The maximum atomic E-state index is 13.7. The molecule has 0 fully saturated rings. The van der Waals surface area contributed by atoms with Gasteiger partial charge >= 0.3 is 5.97 Å². The zero-order valence-corrected chi connectivity index (χ0v) is 17.2. The van der Waals surface area contributed by atoms with Gasteiger partial charge in [0, 0.05) is 31.1 Å². The van der Waals surface area contributed by atoms with Gasteiger partial charge in [0.25, 0.3) is 5.91 Å². The second-order valence-electron chi connectivity index (χ2n) is 7.62. The van der Waals surface area contributed by atoms with Crippen LogP contribution < -0.4 is 0 Å². The lowest BCUT2D eigenvalue weighted by Gasteiger charge is -2.17. The average Bonchev–Trinajstić information content (AvgIpc) is 2.76. The Balaban J connectivity index is 1.42. The Labute approximate surface area is 175 Å². The summed E-state index contributed by atoms with van der Waals surface area (Å²) in [4.78, 5) is 37.8. The van der Waals surface area contributed by atoms with Crippen LogP contribution >= 0.6 is 0 Å². The molecule has 0 heterocycles. The van der Waals surface area contributed by atoms with E-state index >= 15 is 0 Å².